The van der Waals surface area contributed by atoms with Gasteiger partial charge in [0.15, 0.2) is 0 Å². The average Bonchev–Trinajstić information content (AvgIpc) is 2.57. The Kier molecular flexibility index (Phi) is 4.48. The van der Waals surface area contributed by atoms with Crippen molar-refractivity contribution in [1.82, 2.24) is 10.2 Å². The molecule has 100 valence electrons. The van der Waals surface area contributed by atoms with Crippen LogP contribution in [0.1, 0.15) is 52.4 Å². The molecule has 2 saturated heterocycles. The van der Waals surface area contributed by atoms with Crippen molar-refractivity contribution in [2.45, 2.75) is 70.5 Å². The summed E-state index contributed by atoms with van der Waals surface area (Å²) in [6.45, 7) is 4.70. The summed E-state index contributed by atoms with van der Waals surface area (Å²) in [7, 11) is 4.51. The number of piperidine rings is 1. The first kappa shape index (κ1) is 13.4. The molecule has 0 aromatic rings. The van der Waals surface area contributed by atoms with E-state index in [2.05, 4.69) is 38.2 Å². The van der Waals surface area contributed by atoms with Gasteiger partial charge < -0.3 is 10.2 Å². The Bertz CT molecular complexity index is 223. The predicted octanol–water partition coefficient (Wildman–Crippen LogP) is 2.88. The van der Waals surface area contributed by atoms with Crippen LogP contribution in [0.4, 0.5) is 0 Å². The van der Waals surface area contributed by atoms with Crippen LogP contribution >= 0.6 is 0 Å². The molecule has 3 atom stereocenters. The summed E-state index contributed by atoms with van der Waals surface area (Å²) in [5.41, 5.74) is 0. The fourth-order valence-corrected chi connectivity index (χ4v) is 4.40. The smallest absolute Gasteiger partial charge is 0.0121 e. The van der Waals surface area contributed by atoms with Gasteiger partial charge in [-0.15, -0.1) is 0 Å². The maximum absolute atomic E-state index is 3.64. The molecule has 0 spiro atoms. The molecule has 2 heterocycles. The molecule has 3 unspecified atom stereocenters. The largest absolute Gasteiger partial charge is 0.316 e. The van der Waals surface area contributed by atoms with E-state index in [0.717, 1.165) is 30.0 Å². The van der Waals surface area contributed by atoms with E-state index in [1.165, 1.54) is 38.5 Å². The summed E-state index contributed by atoms with van der Waals surface area (Å²) in [4.78, 5) is 2.65. The number of nitrogens with zero attached hydrogens (tertiary/aromatic N) is 1. The number of rotatable bonds is 5. The molecular formula is C15H30N2. The first-order valence-electron chi connectivity index (χ1n) is 7.60. The van der Waals surface area contributed by atoms with Crippen LogP contribution in [0, 0.1) is 11.8 Å². The van der Waals surface area contributed by atoms with Crippen molar-refractivity contribution in [2.24, 2.45) is 11.8 Å². The summed E-state index contributed by atoms with van der Waals surface area (Å²) in [5, 5.41) is 3.64. The summed E-state index contributed by atoms with van der Waals surface area (Å²) in [6, 6.07) is 2.51. The lowest BCUT2D eigenvalue weighted by molar-refractivity contribution is 0.0958. The molecule has 2 rings (SSSR count). The Morgan fingerprint density at radius 3 is 2.06 bits per heavy atom. The van der Waals surface area contributed by atoms with E-state index in [-0.39, 0.29) is 0 Å². The highest BCUT2D eigenvalue weighted by Crippen LogP contribution is 2.40. The van der Waals surface area contributed by atoms with Gasteiger partial charge in [0.25, 0.3) is 0 Å². The molecule has 17 heavy (non-hydrogen) atoms. The van der Waals surface area contributed by atoms with Crippen molar-refractivity contribution < 1.29 is 0 Å². The van der Waals surface area contributed by atoms with E-state index in [9.17, 15) is 0 Å². The molecule has 2 aliphatic heterocycles. The van der Waals surface area contributed by atoms with Crippen molar-refractivity contribution in [1.29, 1.82) is 0 Å². The van der Waals surface area contributed by atoms with Crippen molar-refractivity contribution in [3.8, 4) is 0 Å². The zero-order valence-corrected chi connectivity index (χ0v) is 12.1. The Balaban J connectivity index is 2.02. The monoisotopic (exact) mass is 238 g/mol. The van der Waals surface area contributed by atoms with Crippen LogP contribution in [0.5, 0.6) is 0 Å². The van der Waals surface area contributed by atoms with Gasteiger partial charge in [-0.25, -0.2) is 0 Å². The number of hydrogen-bond donors (Lipinski definition) is 1. The Labute approximate surface area is 107 Å². The zero-order chi connectivity index (χ0) is 12.4. The van der Waals surface area contributed by atoms with Crippen molar-refractivity contribution in [3.05, 3.63) is 0 Å². The van der Waals surface area contributed by atoms with Gasteiger partial charge in [0.2, 0.25) is 0 Å². The second kappa shape index (κ2) is 5.71. The average molecular weight is 238 g/mol. The number of hydrogen-bond acceptors (Lipinski definition) is 2. The van der Waals surface area contributed by atoms with Gasteiger partial charge in [-0.3, -0.25) is 0 Å². The van der Waals surface area contributed by atoms with Gasteiger partial charge in [0.1, 0.15) is 0 Å². The van der Waals surface area contributed by atoms with E-state index < -0.39 is 0 Å². The van der Waals surface area contributed by atoms with Gasteiger partial charge in [0.05, 0.1) is 0 Å². The highest BCUT2D eigenvalue weighted by atomic mass is 15.2. The van der Waals surface area contributed by atoms with Crippen LogP contribution in [-0.4, -0.2) is 37.1 Å². The fourth-order valence-electron chi connectivity index (χ4n) is 4.40. The van der Waals surface area contributed by atoms with E-state index in [4.69, 9.17) is 0 Å². The van der Waals surface area contributed by atoms with Gasteiger partial charge >= 0.3 is 0 Å². The Morgan fingerprint density at radius 1 is 1.12 bits per heavy atom. The summed E-state index contributed by atoms with van der Waals surface area (Å²) in [6.07, 6.45) is 8.38. The van der Waals surface area contributed by atoms with Gasteiger partial charge in [0, 0.05) is 18.1 Å². The first-order valence-corrected chi connectivity index (χ1v) is 7.60. The maximum Gasteiger partial charge on any atom is 0.0121 e. The third-order valence-electron chi connectivity index (χ3n) is 5.53. The Hall–Kier alpha value is -0.0800. The highest BCUT2D eigenvalue weighted by Gasteiger charge is 2.41. The SMILES string of the molecule is CCC(CC)C(NC)C1CC2CCC(C1)N2C. The van der Waals surface area contributed by atoms with Gasteiger partial charge in [-0.2, -0.15) is 0 Å². The van der Waals surface area contributed by atoms with Crippen molar-refractivity contribution in [2.75, 3.05) is 14.1 Å². The summed E-state index contributed by atoms with van der Waals surface area (Å²) < 4.78 is 0. The van der Waals surface area contributed by atoms with Gasteiger partial charge in [-0.1, -0.05) is 26.7 Å². The molecule has 2 fully saturated rings. The number of nitrogens with one attached hydrogen (secondary N) is 1. The number of fused-ring (bicyclic) bond motifs is 2. The summed E-state index contributed by atoms with van der Waals surface area (Å²) >= 11 is 0. The topological polar surface area (TPSA) is 15.3 Å². The lowest BCUT2D eigenvalue weighted by Gasteiger charge is -2.42. The van der Waals surface area contributed by atoms with Crippen LogP contribution in [0.15, 0.2) is 0 Å². The second-order valence-electron chi connectivity index (χ2n) is 6.17. The van der Waals surface area contributed by atoms with E-state index >= 15 is 0 Å². The predicted molar refractivity (Wildman–Crippen MR) is 74.2 cm³/mol. The molecule has 0 amide bonds. The standard InChI is InChI=1S/C15H30N2/c1-5-11(6-2)15(16-3)12-9-13-7-8-14(10-12)17(13)4/h11-16H,5-10H2,1-4H3. The van der Waals surface area contributed by atoms with Crippen LogP contribution in [0.25, 0.3) is 0 Å². The van der Waals surface area contributed by atoms with E-state index in [0.29, 0.717) is 0 Å². The van der Waals surface area contributed by atoms with Crippen LogP contribution in [0.3, 0.4) is 0 Å². The lowest BCUT2D eigenvalue weighted by atomic mass is 9.77. The molecule has 0 radical (unpaired) electrons. The molecular weight excluding hydrogens is 208 g/mol. The molecule has 1 N–H and O–H groups in total. The van der Waals surface area contributed by atoms with E-state index in [1.54, 1.807) is 0 Å². The molecule has 2 aliphatic rings. The minimum absolute atomic E-state index is 0.752. The van der Waals surface area contributed by atoms with Crippen LogP contribution in [-0.2, 0) is 0 Å². The maximum atomic E-state index is 3.64. The quantitative estimate of drug-likeness (QED) is 0.792. The van der Waals surface area contributed by atoms with Crippen LogP contribution in [0.2, 0.25) is 0 Å². The fraction of sp³-hybridized carbons (Fsp3) is 1.00. The lowest BCUT2D eigenvalue weighted by Crippen LogP contribution is -2.48. The minimum atomic E-state index is 0.752. The van der Waals surface area contributed by atoms with Crippen molar-refractivity contribution >= 4 is 0 Å². The first-order chi connectivity index (χ1) is 8.21. The van der Waals surface area contributed by atoms with E-state index in [1.807, 2.05) is 0 Å². The van der Waals surface area contributed by atoms with Gasteiger partial charge in [-0.05, 0) is 51.6 Å². The molecule has 2 nitrogen and oxygen atoms in total. The zero-order valence-electron chi connectivity index (χ0n) is 12.1. The van der Waals surface area contributed by atoms with Crippen LogP contribution < -0.4 is 5.32 Å². The molecule has 0 saturated carbocycles. The third kappa shape index (κ3) is 2.53. The van der Waals surface area contributed by atoms with Crippen molar-refractivity contribution in [3.63, 3.8) is 0 Å². The Morgan fingerprint density at radius 2 is 1.65 bits per heavy atom. The normalized spacial score (nSPS) is 35.5. The molecule has 0 aromatic carbocycles. The minimum Gasteiger partial charge on any atom is -0.316 e. The molecule has 0 aliphatic carbocycles. The highest BCUT2D eigenvalue weighted by molar-refractivity contribution is 4.97. The molecule has 2 bridgehead atoms. The molecule has 0 aromatic heterocycles. The summed E-state index contributed by atoms with van der Waals surface area (Å²) in [5.74, 6) is 1.78. The molecule has 2 heteroatoms. The third-order valence-corrected chi connectivity index (χ3v) is 5.53. The second-order valence-corrected chi connectivity index (χ2v) is 6.17.